The highest BCUT2D eigenvalue weighted by molar-refractivity contribution is 5.97. The van der Waals surface area contributed by atoms with Crippen LogP contribution in [0.4, 0.5) is 10.5 Å². The molecule has 0 fully saturated rings. The molecule has 0 aliphatic carbocycles. The Kier molecular flexibility index (Phi) is 6.54. The minimum Gasteiger partial charge on any atom is -0.478 e. The summed E-state index contributed by atoms with van der Waals surface area (Å²) in [5.74, 6) is -1.14. The van der Waals surface area contributed by atoms with Gasteiger partial charge in [0.25, 0.3) is 5.91 Å². The maximum atomic E-state index is 12.1. The first-order chi connectivity index (χ1) is 12.8. The summed E-state index contributed by atoms with van der Waals surface area (Å²) >= 11 is 0. The van der Waals surface area contributed by atoms with Gasteiger partial charge in [-0.25, -0.2) is 9.59 Å². The van der Waals surface area contributed by atoms with E-state index < -0.39 is 12.0 Å². The van der Waals surface area contributed by atoms with E-state index in [1.54, 1.807) is 30.3 Å². The van der Waals surface area contributed by atoms with Gasteiger partial charge in [-0.3, -0.25) is 4.79 Å². The van der Waals surface area contributed by atoms with E-state index in [1.165, 1.54) is 12.1 Å². The predicted molar refractivity (Wildman–Crippen MR) is 103 cm³/mol. The first-order valence-corrected chi connectivity index (χ1v) is 8.55. The molecule has 0 atom stereocenters. The van der Waals surface area contributed by atoms with Crippen LogP contribution in [0.25, 0.3) is 0 Å². The lowest BCUT2D eigenvalue weighted by Gasteiger charge is -2.12. The van der Waals surface area contributed by atoms with Crippen LogP contribution in [0.15, 0.2) is 42.5 Å². The Bertz CT molecular complexity index is 845. The van der Waals surface area contributed by atoms with E-state index >= 15 is 0 Å². The van der Waals surface area contributed by atoms with E-state index in [0.717, 1.165) is 11.1 Å². The van der Waals surface area contributed by atoms with E-state index in [9.17, 15) is 14.4 Å². The van der Waals surface area contributed by atoms with E-state index in [2.05, 4.69) is 16.0 Å². The molecule has 0 saturated heterocycles. The SMILES string of the molecule is Cc1cc(NC(=O)NCc2ccc(C(=O)O)cc2)ccc1C(=O)NC(C)C. The monoisotopic (exact) mass is 369 g/mol. The van der Waals surface area contributed by atoms with Gasteiger partial charge in [-0.1, -0.05) is 12.1 Å². The molecule has 0 spiro atoms. The molecule has 7 nitrogen and oxygen atoms in total. The van der Waals surface area contributed by atoms with Gasteiger partial charge >= 0.3 is 12.0 Å². The molecule has 0 aliphatic rings. The Morgan fingerprint density at radius 3 is 2.26 bits per heavy atom. The fourth-order valence-electron chi connectivity index (χ4n) is 2.46. The molecule has 0 aliphatic heterocycles. The third-order valence-electron chi connectivity index (χ3n) is 3.80. The van der Waals surface area contributed by atoms with Crippen molar-refractivity contribution in [2.24, 2.45) is 0 Å². The summed E-state index contributed by atoms with van der Waals surface area (Å²) < 4.78 is 0. The van der Waals surface area contributed by atoms with Crippen LogP contribution in [0.1, 0.15) is 45.7 Å². The summed E-state index contributed by atoms with van der Waals surface area (Å²) in [7, 11) is 0. The number of carboxylic acid groups (broad SMARTS) is 1. The van der Waals surface area contributed by atoms with Crippen LogP contribution in [0, 0.1) is 6.92 Å². The third-order valence-corrected chi connectivity index (χ3v) is 3.80. The van der Waals surface area contributed by atoms with Crippen LogP contribution >= 0.6 is 0 Å². The minimum absolute atomic E-state index is 0.0463. The summed E-state index contributed by atoms with van der Waals surface area (Å²) in [6.45, 7) is 5.85. The predicted octanol–water partition coefficient (Wildman–Crippen LogP) is 3.15. The number of aryl methyl sites for hydroxylation is 1. The van der Waals surface area contributed by atoms with Gasteiger partial charge in [0.2, 0.25) is 0 Å². The van der Waals surface area contributed by atoms with Crippen LogP contribution in [0.2, 0.25) is 0 Å². The number of carboxylic acids is 1. The molecule has 2 aromatic carbocycles. The van der Waals surface area contributed by atoms with Gasteiger partial charge in [0, 0.05) is 23.8 Å². The van der Waals surface area contributed by atoms with E-state index in [-0.39, 0.29) is 24.1 Å². The van der Waals surface area contributed by atoms with Gasteiger partial charge in [0.1, 0.15) is 0 Å². The van der Waals surface area contributed by atoms with Crippen molar-refractivity contribution in [1.82, 2.24) is 10.6 Å². The quantitative estimate of drug-likeness (QED) is 0.627. The number of urea groups is 1. The highest BCUT2D eigenvalue weighted by atomic mass is 16.4. The maximum Gasteiger partial charge on any atom is 0.335 e. The Morgan fingerprint density at radius 2 is 1.70 bits per heavy atom. The van der Waals surface area contributed by atoms with Crippen molar-refractivity contribution >= 4 is 23.6 Å². The number of nitrogens with one attached hydrogen (secondary N) is 3. The highest BCUT2D eigenvalue weighted by Crippen LogP contribution is 2.15. The van der Waals surface area contributed by atoms with Gasteiger partial charge in [0.15, 0.2) is 0 Å². The van der Waals surface area contributed by atoms with Crippen molar-refractivity contribution in [1.29, 1.82) is 0 Å². The molecule has 4 N–H and O–H groups in total. The molecule has 0 saturated carbocycles. The summed E-state index contributed by atoms with van der Waals surface area (Å²) in [5.41, 5.74) is 2.88. The van der Waals surface area contributed by atoms with Crippen molar-refractivity contribution in [2.45, 2.75) is 33.4 Å². The summed E-state index contributed by atoms with van der Waals surface area (Å²) in [5, 5.41) is 17.1. The normalized spacial score (nSPS) is 10.4. The largest absolute Gasteiger partial charge is 0.478 e. The maximum absolute atomic E-state index is 12.1. The lowest BCUT2D eigenvalue weighted by atomic mass is 10.1. The standard InChI is InChI=1S/C20H23N3O4/c1-12(2)22-18(24)17-9-8-16(10-13(17)3)23-20(27)21-11-14-4-6-15(7-5-14)19(25)26/h4-10,12H,11H2,1-3H3,(H,22,24)(H,25,26)(H2,21,23,27). The zero-order valence-corrected chi connectivity index (χ0v) is 15.5. The zero-order valence-electron chi connectivity index (χ0n) is 15.5. The van der Waals surface area contributed by atoms with Crippen molar-refractivity contribution in [3.63, 3.8) is 0 Å². The minimum atomic E-state index is -0.992. The number of rotatable bonds is 6. The van der Waals surface area contributed by atoms with Crippen LogP contribution in [0.5, 0.6) is 0 Å². The van der Waals surface area contributed by atoms with Crippen molar-refractivity contribution < 1.29 is 19.5 Å². The first-order valence-electron chi connectivity index (χ1n) is 8.55. The summed E-state index contributed by atoms with van der Waals surface area (Å²) in [6, 6.07) is 11.0. The molecule has 0 radical (unpaired) electrons. The molecule has 2 aromatic rings. The number of hydrogen-bond donors (Lipinski definition) is 4. The zero-order chi connectivity index (χ0) is 20.0. The number of carbonyl (C=O) groups is 3. The molecule has 0 bridgehead atoms. The van der Waals surface area contributed by atoms with E-state index in [1.807, 2.05) is 20.8 Å². The van der Waals surface area contributed by atoms with Gasteiger partial charge in [-0.05, 0) is 62.2 Å². The molecule has 0 heterocycles. The summed E-state index contributed by atoms with van der Waals surface area (Å²) in [6.07, 6.45) is 0. The lowest BCUT2D eigenvalue weighted by Crippen LogP contribution is -2.31. The Balaban J connectivity index is 1.92. The fourth-order valence-corrected chi connectivity index (χ4v) is 2.46. The van der Waals surface area contributed by atoms with Gasteiger partial charge in [-0.2, -0.15) is 0 Å². The van der Waals surface area contributed by atoms with Gasteiger partial charge < -0.3 is 21.1 Å². The molecular weight excluding hydrogens is 346 g/mol. The van der Waals surface area contributed by atoms with Crippen molar-refractivity contribution in [3.05, 3.63) is 64.7 Å². The molecule has 2 rings (SSSR count). The van der Waals surface area contributed by atoms with E-state index in [0.29, 0.717) is 11.3 Å². The first kappa shape index (κ1) is 20.0. The topological polar surface area (TPSA) is 108 Å². The van der Waals surface area contributed by atoms with Gasteiger partial charge in [-0.15, -0.1) is 0 Å². The molecule has 142 valence electrons. The van der Waals surface area contributed by atoms with Crippen molar-refractivity contribution in [2.75, 3.05) is 5.32 Å². The Labute approximate surface area is 157 Å². The molecule has 7 heteroatoms. The second-order valence-electron chi connectivity index (χ2n) is 6.47. The molecule has 27 heavy (non-hydrogen) atoms. The number of hydrogen-bond acceptors (Lipinski definition) is 3. The second-order valence-corrected chi connectivity index (χ2v) is 6.47. The number of aromatic carboxylic acids is 1. The smallest absolute Gasteiger partial charge is 0.335 e. The van der Waals surface area contributed by atoms with Crippen LogP contribution < -0.4 is 16.0 Å². The van der Waals surface area contributed by atoms with Crippen LogP contribution in [0.3, 0.4) is 0 Å². The molecule has 3 amide bonds. The molecule has 0 unspecified atom stereocenters. The van der Waals surface area contributed by atoms with Crippen molar-refractivity contribution in [3.8, 4) is 0 Å². The number of carbonyl (C=O) groups excluding carboxylic acids is 2. The molecular formula is C20H23N3O4. The van der Waals surface area contributed by atoms with Gasteiger partial charge in [0.05, 0.1) is 5.56 Å². The number of amides is 3. The average molecular weight is 369 g/mol. The Morgan fingerprint density at radius 1 is 1.04 bits per heavy atom. The number of anilines is 1. The van der Waals surface area contributed by atoms with Crippen LogP contribution in [-0.4, -0.2) is 29.1 Å². The third kappa shape index (κ3) is 5.85. The van der Waals surface area contributed by atoms with Crippen LogP contribution in [-0.2, 0) is 6.54 Å². The average Bonchev–Trinajstić information content (AvgIpc) is 2.59. The van der Waals surface area contributed by atoms with E-state index in [4.69, 9.17) is 5.11 Å². The summed E-state index contributed by atoms with van der Waals surface area (Å²) in [4.78, 5) is 35.0. The highest BCUT2D eigenvalue weighted by Gasteiger charge is 2.11. The fraction of sp³-hybridized carbons (Fsp3) is 0.250. The lowest BCUT2D eigenvalue weighted by molar-refractivity contribution is 0.0696. The second kappa shape index (κ2) is 8.84. The number of benzene rings is 2. The molecule has 0 aromatic heterocycles. The Hall–Kier alpha value is -3.35.